The SMILES string of the molecule is O=C(NCc1cccc(Br)c1)c1cc(Cl)c(Cl)[nH]1. The minimum atomic E-state index is -0.247. The number of H-pyrrole nitrogens is 1. The van der Waals surface area contributed by atoms with Gasteiger partial charge in [0.15, 0.2) is 0 Å². The third-order valence-electron chi connectivity index (χ3n) is 2.31. The molecule has 2 N–H and O–H groups in total. The number of aromatic amines is 1. The van der Waals surface area contributed by atoms with Crippen molar-refractivity contribution in [2.75, 3.05) is 0 Å². The van der Waals surface area contributed by atoms with E-state index >= 15 is 0 Å². The van der Waals surface area contributed by atoms with Gasteiger partial charge in [0.2, 0.25) is 0 Å². The molecular weight excluding hydrogens is 339 g/mol. The fourth-order valence-electron chi connectivity index (χ4n) is 1.45. The topological polar surface area (TPSA) is 44.9 Å². The van der Waals surface area contributed by atoms with Crippen molar-refractivity contribution in [3.63, 3.8) is 0 Å². The molecule has 1 aromatic heterocycles. The predicted molar refractivity (Wildman–Crippen MR) is 76.1 cm³/mol. The zero-order valence-corrected chi connectivity index (χ0v) is 12.2. The van der Waals surface area contributed by atoms with Crippen molar-refractivity contribution < 1.29 is 4.79 Å². The van der Waals surface area contributed by atoms with Gasteiger partial charge in [0.25, 0.3) is 5.91 Å². The predicted octanol–water partition coefficient (Wildman–Crippen LogP) is 4.01. The maximum absolute atomic E-state index is 11.8. The Morgan fingerprint density at radius 1 is 1.33 bits per heavy atom. The van der Waals surface area contributed by atoms with Crippen molar-refractivity contribution in [2.45, 2.75) is 6.54 Å². The first kappa shape index (κ1) is 13.5. The van der Waals surface area contributed by atoms with Crippen LogP contribution in [-0.2, 0) is 6.54 Å². The molecule has 0 aliphatic heterocycles. The van der Waals surface area contributed by atoms with Crippen molar-refractivity contribution in [3.8, 4) is 0 Å². The highest BCUT2D eigenvalue weighted by molar-refractivity contribution is 9.10. The molecule has 0 aliphatic rings. The van der Waals surface area contributed by atoms with E-state index in [9.17, 15) is 4.79 Å². The molecule has 0 fully saturated rings. The van der Waals surface area contributed by atoms with Crippen LogP contribution in [0.15, 0.2) is 34.8 Å². The fraction of sp³-hybridized carbons (Fsp3) is 0.0833. The first-order valence-electron chi connectivity index (χ1n) is 5.13. The molecule has 0 radical (unpaired) electrons. The van der Waals surface area contributed by atoms with Gasteiger partial charge in [-0.1, -0.05) is 51.3 Å². The normalized spacial score (nSPS) is 10.4. The molecule has 0 unspecified atom stereocenters. The Kier molecular flexibility index (Phi) is 4.32. The smallest absolute Gasteiger partial charge is 0.268 e. The number of hydrogen-bond acceptors (Lipinski definition) is 1. The van der Waals surface area contributed by atoms with Gasteiger partial charge in [-0.25, -0.2) is 0 Å². The van der Waals surface area contributed by atoms with E-state index < -0.39 is 0 Å². The first-order chi connectivity index (χ1) is 8.56. The van der Waals surface area contributed by atoms with Crippen molar-refractivity contribution in [1.82, 2.24) is 10.3 Å². The lowest BCUT2D eigenvalue weighted by Crippen LogP contribution is -2.23. The molecule has 0 aliphatic carbocycles. The highest BCUT2D eigenvalue weighted by Crippen LogP contribution is 2.21. The third kappa shape index (κ3) is 3.28. The van der Waals surface area contributed by atoms with Crippen molar-refractivity contribution in [3.05, 3.63) is 56.2 Å². The second kappa shape index (κ2) is 5.78. The van der Waals surface area contributed by atoms with Gasteiger partial charge in [0.05, 0.1) is 5.02 Å². The second-order valence-electron chi connectivity index (χ2n) is 3.66. The van der Waals surface area contributed by atoms with Crippen LogP contribution in [-0.4, -0.2) is 10.9 Å². The van der Waals surface area contributed by atoms with Crippen LogP contribution in [0.3, 0.4) is 0 Å². The molecule has 2 rings (SSSR count). The summed E-state index contributed by atoms with van der Waals surface area (Å²) in [6.07, 6.45) is 0. The number of carbonyl (C=O) groups is 1. The lowest BCUT2D eigenvalue weighted by atomic mass is 10.2. The van der Waals surface area contributed by atoms with E-state index in [-0.39, 0.29) is 11.1 Å². The summed E-state index contributed by atoms with van der Waals surface area (Å²) < 4.78 is 0.972. The number of nitrogens with one attached hydrogen (secondary N) is 2. The molecule has 1 amide bonds. The van der Waals surface area contributed by atoms with Crippen LogP contribution in [0.4, 0.5) is 0 Å². The highest BCUT2D eigenvalue weighted by atomic mass is 79.9. The monoisotopic (exact) mass is 346 g/mol. The van der Waals surface area contributed by atoms with Gasteiger partial charge < -0.3 is 10.3 Å². The van der Waals surface area contributed by atoms with Crippen molar-refractivity contribution in [2.24, 2.45) is 0 Å². The molecule has 6 heteroatoms. The van der Waals surface area contributed by atoms with Crippen LogP contribution in [0.1, 0.15) is 16.1 Å². The van der Waals surface area contributed by atoms with Crippen LogP contribution in [0, 0.1) is 0 Å². The van der Waals surface area contributed by atoms with E-state index in [1.54, 1.807) is 0 Å². The Morgan fingerprint density at radius 3 is 2.72 bits per heavy atom. The summed E-state index contributed by atoms with van der Waals surface area (Å²) in [5.74, 6) is -0.247. The van der Waals surface area contributed by atoms with E-state index in [4.69, 9.17) is 23.2 Å². The quantitative estimate of drug-likeness (QED) is 0.865. The van der Waals surface area contributed by atoms with Crippen molar-refractivity contribution >= 4 is 45.0 Å². The second-order valence-corrected chi connectivity index (χ2v) is 5.36. The van der Waals surface area contributed by atoms with Crippen LogP contribution in [0.5, 0.6) is 0 Å². The maximum Gasteiger partial charge on any atom is 0.268 e. The van der Waals surface area contributed by atoms with Crippen LogP contribution in [0.2, 0.25) is 10.2 Å². The number of carbonyl (C=O) groups excluding carboxylic acids is 1. The number of aromatic nitrogens is 1. The van der Waals surface area contributed by atoms with Gasteiger partial charge in [-0.2, -0.15) is 0 Å². The number of benzene rings is 1. The van der Waals surface area contributed by atoms with Gasteiger partial charge in [0.1, 0.15) is 10.8 Å². The van der Waals surface area contributed by atoms with E-state index in [2.05, 4.69) is 26.2 Å². The molecule has 0 atom stereocenters. The Bertz CT molecular complexity index is 564. The summed E-state index contributed by atoms with van der Waals surface area (Å²) in [6.45, 7) is 0.437. The molecule has 1 aromatic carbocycles. The standard InChI is InChI=1S/C12H9BrCl2N2O/c13-8-3-1-2-7(4-8)6-16-12(18)10-5-9(14)11(15)17-10/h1-5,17H,6H2,(H,16,18). The fourth-order valence-corrected chi connectivity index (χ4v) is 2.21. The van der Waals surface area contributed by atoms with E-state index in [0.29, 0.717) is 17.3 Å². The number of rotatable bonds is 3. The molecule has 0 saturated heterocycles. The molecule has 1 heterocycles. The third-order valence-corrected chi connectivity index (χ3v) is 3.50. The molecule has 18 heavy (non-hydrogen) atoms. The van der Waals surface area contributed by atoms with E-state index in [1.807, 2.05) is 24.3 Å². The molecule has 2 aromatic rings. The number of hydrogen-bond donors (Lipinski definition) is 2. The number of amides is 1. The van der Waals surface area contributed by atoms with Gasteiger partial charge in [-0.3, -0.25) is 4.79 Å². The molecular formula is C12H9BrCl2N2O. The average Bonchev–Trinajstić information content (AvgIpc) is 2.67. The highest BCUT2D eigenvalue weighted by Gasteiger charge is 2.11. The molecule has 0 spiro atoms. The zero-order valence-electron chi connectivity index (χ0n) is 9.14. The van der Waals surface area contributed by atoms with E-state index in [1.165, 1.54) is 6.07 Å². The zero-order chi connectivity index (χ0) is 13.1. The van der Waals surface area contributed by atoms with E-state index in [0.717, 1.165) is 10.0 Å². The molecule has 3 nitrogen and oxygen atoms in total. The summed E-state index contributed by atoms with van der Waals surface area (Å²) >= 11 is 14.9. The van der Waals surface area contributed by atoms with Crippen LogP contribution < -0.4 is 5.32 Å². The van der Waals surface area contributed by atoms with Crippen molar-refractivity contribution in [1.29, 1.82) is 0 Å². The van der Waals surface area contributed by atoms with Gasteiger partial charge in [0, 0.05) is 11.0 Å². The Hall–Kier alpha value is -0.970. The molecule has 0 bridgehead atoms. The van der Waals surface area contributed by atoms with Gasteiger partial charge in [-0.15, -0.1) is 0 Å². The lowest BCUT2D eigenvalue weighted by Gasteiger charge is -2.04. The molecule has 94 valence electrons. The van der Waals surface area contributed by atoms with Gasteiger partial charge >= 0.3 is 0 Å². The maximum atomic E-state index is 11.8. The van der Waals surface area contributed by atoms with Crippen LogP contribution in [0.25, 0.3) is 0 Å². The van der Waals surface area contributed by atoms with Gasteiger partial charge in [-0.05, 0) is 23.8 Å². The minimum absolute atomic E-state index is 0.247. The minimum Gasteiger partial charge on any atom is -0.347 e. The Morgan fingerprint density at radius 2 is 2.11 bits per heavy atom. The summed E-state index contributed by atoms with van der Waals surface area (Å²) in [7, 11) is 0. The Balaban J connectivity index is 2.00. The van der Waals surface area contributed by atoms with Crippen LogP contribution >= 0.6 is 39.1 Å². The average molecular weight is 348 g/mol. The number of halogens is 3. The Labute approximate surface area is 123 Å². The first-order valence-corrected chi connectivity index (χ1v) is 6.68. The molecule has 0 saturated carbocycles. The lowest BCUT2D eigenvalue weighted by molar-refractivity contribution is 0.0946. The largest absolute Gasteiger partial charge is 0.347 e. The summed E-state index contributed by atoms with van der Waals surface area (Å²) in [5, 5.41) is 3.38. The summed E-state index contributed by atoms with van der Waals surface area (Å²) in [6, 6.07) is 9.21. The summed E-state index contributed by atoms with van der Waals surface area (Å²) in [5.41, 5.74) is 1.35. The summed E-state index contributed by atoms with van der Waals surface area (Å²) in [4.78, 5) is 14.5.